The minimum atomic E-state index is -0.0611. The summed E-state index contributed by atoms with van der Waals surface area (Å²) in [5, 5.41) is 3.24. The number of rotatable bonds is 4. The average molecular weight is 342 g/mol. The normalized spacial score (nSPS) is 23.1. The second-order valence-electron chi connectivity index (χ2n) is 7.73. The van der Waals surface area contributed by atoms with Gasteiger partial charge in [0.1, 0.15) is 0 Å². The van der Waals surface area contributed by atoms with Gasteiger partial charge in [-0.3, -0.25) is 9.59 Å². The third-order valence-corrected chi connectivity index (χ3v) is 6.04. The molecule has 1 atom stereocenters. The van der Waals surface area contributed by atoms with E-state index >= 15 is 0 Å². The summed E-state index contributed by atoms with van der Waals surface area (Å²) >= 11 is 0. The van der Waals surface area contributed by atoms with Gasteiger partial charge in [-0.05, 0) is 31.2 Å². The Morgan fingerprint density at radius 3 is 2.52 bits per heavy atom. The van der Waals surface area contributed by atoms with Crippen molar-refractivity contribution in [1.29, 1.82) is 0 Å². The molecule has 3 rings (SSSR count). The van der Waals surface area contributed by atoms with Crippen LogP contribution in [-0.2, 0) is 15.0 Å². The number of hydrogen-bond acceptors (Lipinski definition) is 2. The molecule has 1 saturated carbocycles. The van der Waals surface area contributed by atoms with Crippen molar-refractivity contribution in [2.45, 2.75) is 57.3 Å². The molecule has 25 heavy (non-hydrogen) atoms. The molecule has 4 nitrogen and oxygen atoms in total. The van der Waals surface area contributed by atoms with E-state index in [1.807, 2.05) is 0 Å². The summed E-state index contributed by atoms with van der Waals surface area (Å²) in [4.78, 5) is 26.1. The predicted octanol–water partition coefficient (Wildman–Crippen LogP) is 3.26. The van der Waals surface area contributed by atoms with E-state index in [9.17, 15) is 9.59 Å². The lowest BCUT2D eigenvalue weighted by Gasteiger charge is -2.39. The SMILES string of the molecule is CC(=O)N1CCCC(C(=O)NCC2(c3ccccc3)CCCCC2)C1. The molecule has 2 amide bonds. The van der Waals surface area contributed by atoms with Crippen molar-refractivity contribution in [3.8, 4) is 0 Å². The van der Waals surface area contributed by atoms with Crippen LogP contribution in [-0.4, -0.2) is 36.3 Å². The smallest absolute Gasteiger partial charge is 0.224 e. The van der Waals surface area contributed by atoms with E-state index in [0.29, 0.717) is 13.1 Å². The molecule has 1 saturated heterocycles. The minimum Gasteiger partial charge on any atom is -0.355 e. The molecule has 1 aromatic carbocycles. The summed E-state index contributed by atoms with van der Waals surface area (Å²) < 4.78 is 0. The summed E-state index contributed by atoms with van der Waals surface area (Å²) in [5.74, 6) is 0.131. The fourth-order valence-corrected chi connectivity index (χ4v) is 4.47. The maximum absolute atomic E-state index is 12.7. The van der Waals surface area contributed by atoms with Crippen LogP contribution < -0.4 is 5.32 Å². The first-order valence-electron chi connectivity index (χ1n) is 9.69. The Morgan fingerprint density at radius 1 is 1.12 bits per heavy atom. The van der Waals surface area contributed by atoms with E-state index in [1.54, 1.807) is 11.8 Å². The maximum Gasteiger partial charge on any atom is 0.224 e. The van der Waals surface area contributed by atoms with E-state index in [-0.39, 0.29) is 23.1 Å². The lowest BCUT2D eigenvalue weighted by atomic mass is 9.69. The monoisotopic (exact) mass is 342 g/mol. The van der Waals surface area contributed by atoms with Crippen LogP contribution in [0, 0.1) is 5.92 Å². The summed E-state index contributed by atoms with van der Waals surface area (Å²) in [6, 6.07) is 10.7. The highest BCUT2D eigenvalue weighted by molar-refractivity contribution is 5.80. The van der Waals surface area contributed by atoms with Crippen molar-refractivity contribution in [3.05, 3.63) is 35.9 Å². The second-order valence-corrected chi connectivity index (χ2v) is 7.73. The van der Waals surface area contributed by atoms with Crippen LogP contribution in [0.25, 0.3) is 0 Å². The first-order valence-corrected chi connectivity index (χ1v) is 9.69. The van der Waals surface area contributed by atoms with Gasteiger partial charge in [-0.1, -0.05) is 49.6 Å². The number of carbonyl (C=O) groups is 2. The number of piperidine rings is 1. The highest BCUT2D eigenvalue weighted by Crippen LogP contribution is 2.39. The standard InChI is InChI=1S/C21H30N2O2/c1-17(24)23-14-8-9-18(15-23)20(25)22-16-21(12-6-3-7-13-21)19-10-4-2-5-11-19/h2,4-5,10-11,18H,3,6-9,12-16H2,1H3,(H,22,25). The van der Waals surface area contributed by atoms with E-state index < -0.39 is 0 Å². The average Bonchev–Trinajstić information content (AvgIpc) is 2.67. The Labute approximate surface area is 151 Å². The van der Waals surface area contributed by atoms with E-state index in [2.05, 4.69) is 35.6 Å². The van der Waals surface area contributed by atoms with Gasteiger partial charge in [0, 0.05) is 32.0 Å². The van der Waals surface area contributed by atoms with Gasteiger partial charge >= 0.3 is 0 Å². The van der Waals surface area contributed by atoms with Crippen LogP contribution in [0.5, 0.6) is 0 Å². The molecule has 0 spiro atoms. The molecule has 1 N–H and O–H groups in total. The lowest BCUT2D eigenvalue weighted by molar-refractivity contribution is -0.134. The van der Waals surface area contributed by atoms with Crippen molar-refractivity contribution in [1.82, 2.24) is 10.2 Å². The molecule has 2 aliphatic rings. The molecule has 4 heteroatoms. The van der Waals surface area contributed by atoms with Crippen molar-refractivity contribution < 1.29 is 9.59 Å². The van der Waals surface area contributed by atoms with Crippen LogP contribution in [0.3, 0.4) is 0 Å². The zero-order chi connectivity index (χ0) is 17.7. The summed E-state index contributed by atoms with van der Waals surface area (Å²) in [5.41, 5.74) is 1.42. The van der Waals surface area contributed by atoms with Crippen LogP contribution >= 0.6 is 0 Å². The summed E-state index contributed by atoms with van der Waals surface area (Å²) in [6.45, 7) is 3.66. The number of likely N-dealkylation sites (tertiary alicyclic amines) is 1. The number of hydrogen-bond donors (Lipinski definition) is 1. The van der Waals surface area contributed by atoms with Crippen molar-refractivity contribution in [2.24, 2.45) is 5.92 Å². The van der Waals surface area contributed by atoms with E-state index in [1.165, 1.54) is 24.8 Å². The highest BCUT2D eigenvalue weighted by Gasteiger charge is 2.35. The Bertz CT molecular complexity index is 593. The molecule has 1 aliphatic heterocycles. The van der Waals surface area contributed by atoms with E-state index in [0.717, 1.165) is 32.2 Å². The highest BCUT2D eigenvalue weighted by atomic mass is 16.2. The van der Waals surface area contributed by atoms with Crippen molar-refractivity contribution in [3.63, 3.8) is 0 Å². The van der Waals surface area contributed by atoms with Gasteiger partial charge in [0.05, 0.1) is 5.92 Å². The van der Waals surface area contributed by atoms with Crippen LogP contribution in [0.1, 0.15) is 57.4 Å². The molecular formula is C21H30N2O2. The second kappa shape index (κ2) is 8.03. The molecule has 1 heterocycles. The Morgan fingerprint density at radius 2 is 1.84 bits per heavy atom. The van der Waals surface area contributed by atoms with Gasteiger partial charge in [0.25, 0.3) is 0 Å². The first-order chi connectivity index (χ1) is 12.1. The van der Waals surface area contributed by atoms with Crippen LogP contribution in [0.15, 0.2) is 30.3 Å². The Balaban J connectivity index is 1.65. The summed E-state index contributed by atoms with van der Waals surface area (Å²) in [6.07, 6.45) is 7.83. The third-order valence-electron chi connectivity index (χ3n) is 6.04. The zero-order valence-electron chi connectivity index (χ0n) is 15.3. The lowest BCUT2D eigenvalue weighted by Crippen LogP contribution is -2.48. The van der Waals surface area contributed by atoms with Gasteiger partial charge in [-0.2, -0.15) is 0 Å². The van der Waals surface area contributed by atoms with Gasteiger partial charge < -0.3 is 10.2 Å². The quantitative estimate of drug-likeness (QED) is 0.913. The Hall–Kier alpha value is -1.84. The number of nitrogens with one attached hydrogen (secondary N) is 1. The number of carbonyl (C=O) groups excluding carboxylic acids is 2. The molecule has 136 valence electrons. The first kappa shape index (κ1) is 18.0. The Kier molecular flexibility index (Phi) is 5.77. The predicted molar refractivity (Wildman–Crippen MR) is 99.2 cm³/mol. The molecule has 0 bridgehead atoms. The molecule has 1 aliphatic carbocycles. The maximum atomic E-state index is 12.7. The number of nitrogens with zero attached hydrogens (tertiary/aromatic N) is 1. The van der Waals surface area contributed by atoms with Gasteiger partial charge in [-0.15, -0.1) is 0 Å². The molecule has 1 unspecified atom stereocenters. The van der Waals surface area contributed by atoms with Gasteiger partial charge in [-0.25, -0.2) is 0 Å². The van der Waals surface area contributed by atoms with Gasteiger partial charge in [0.2, 0.25) is 11.8 Å². The van der Waals surface area contributed by atoms with Crippen molar-refractivity contribution >= 4 is 11.8 Å². The number of amides is 2. The molecule has 0 radical (unpaired) electrons. The fourth-order valence-electron chi connectivity index (χ4n) is 4.47. The molecule has 2 fully saturated rings. The summed E-state index contributed by atoms with van der Waals surface area (Å²) in [7, 11) is 0. The fraction of sp³-hybridized carbons (Fsp3) is 0.619. The van der Waals surface area contributed by atoms with Gasteiger partial charge in [0.15, 0.2) is 0 Å². The minimum absolute atomic E-state index is 0.0611. The van der Waals surface area contributed by atoms with Crippen molar-refractivity contribution in [2.75, 3.05) is 19.6 Å². The largest absolute Gasteiger partial charge is 0.355 e. The number of benzene rings is 1. The topological polar surface area (TPSA) is 49.4 Å². The molecule has 1 aromatic rings. The van der Waals surface area contributed by atoms with E-state index in [4.69, 9.17) is 0 Å². The van der Waals surface area contributed by atoms with Crippen LogP contribution in [0.4, 0.5) is 0 Å². The molecule has 0 aromatic heterocycles. The third kappa shape index (κ3) is 4.23. The molecular weight excluding hydrogens is 312 g/mol. The zero-order valence-corrected chi connectivity index (χ0v) is 15.3. The van der Waals surface area contributed by atoms with Crippen LogP contribution in [0.2, 0.25) is 0 Å².